The molecule has 4 nitrogen and oxygen atoms in total. The van der Waals surface area contributed by atoms with Gasteiger partial charge in [0.2, 0.25) is 0 Å². The van der Waals surface area contributed by atoms with Gasteiger partial charge >= 0.3 is 0 Å². The Morgan fingerprint density at radius 2 is 2.00 bits per heavy atom. The van der Waals surface area contributed by atoms with E-state index in [4.69, 9.17) is 0 Å². The van der Waals surface area contributed by atoms with Crippen molar-refractivity contribution in [1.82, 2.24) is 4.31 Å². The minimum Gasteiger partial charge on any atom is -0.508 e. The molecule has 1 N–H and O–H groups in total. The molecule has 7 heteroatoms. The van der Waals surface area contributed by atoms with Gasteiger partial charge in [-0.2, -0.15) is 4.31 Å². The van der Waals surface area contributed by atoms with Crippen LogP contribution in [0.5, 0.6) is 5.75 Å². The molecule has 0 atom stereocenters. The number of benzene rings is 1. The molecule has 0 saturated carbocycles. The number of hydrogen-bond acceptors (Lipinski definition) is 4. The van der Waals surface area contributed by atoms with Crippen LogP contribution in [-0.2, 0) is 16.6 Å². The van der Waals surface area contributed by atoms with Crippen molar-refractivity contribution in [1.29, 1.82) is 0 Å². The number of phenols is 1. The van der Waals surface area contributed by atoms with Gasteiger partial charge in [-0.3, -0.25) is 0 Å². The second-order valence-corrected chi connectivity index (χ2v) is 9.05. The Kier molecular flexibility index (Phi) is 4.53. The highest BCUT2D eigenvalue weighted by Crippen LogP contribution is 2.32. The third-order valence-corrected chi connectivity index (χ3v) is 7.27. The van der Waals surface area contributed by atoms with Crippen molar-refractivity contribution in [3.8, 4) is 5.75 Å². The summed E-state index contributed by atoms with van der Waals surface area (Å²) in [5.74, 6) is 0.0955. The molecular formula is C13H14BrNO3S2. The quantitative estimate of drug-likeness (QED) is 0.891. The predicted molar refractivity (Wildman–Crippen MR) is 83.5 cm³/mol. The van der Waals surface area contributed by atoms with E-state index < -0.39 is 10.0 Å². The smallest absolute Gasteiger partial charge is 0.252 e. The number of nitrogens with zero attached hydrogens (tertiary/aromatic N) is 1. The molecule has 0 aliphatic rings. The second-order valence-electron chi connectivity index (χ2n) is 4.41. The Morgan fingerprint density at radius 3 is 2.55 bits per heavy atom. The summed E-state index contributed by atoms with van der Waals surface area (Å²) in [5, 5.41) is 9.72. The molecule has 0 aliphatic carbocycles. The molecule has 1 heterocycles. The zero-order valence-corrected chi connectivity index (χ0v) is 14.2. The van der Waals surface area contributed by atoms with Crippen LogP contribution in [0.4, 0.5) is 0 Å². The highest BCUT2D eigenvalue weighted by atomic mass is 79.9. The normalized spacial score (nSPS) is 12.0. The summed E-state index contributed by atoms with van der Waals surface area (Å²) in [5.41, 5.74) is 1.47. The minimum absolute atomic E-state index is 0.0955. The average molecular weight is 376 g/mol. The first-order valence-electron chi connectivity index (χ1n) is 5.81. The molecule has 1 aromatic heterocycles. The van der Waals surface area contributed by atoms with Crippen LogP contribution >= 0.6 is 27.3 Å². The topological polar surface area (TPSA) is 57.6 Å². The van der Waals surface area contributed by atoms with Crippen molar-refractivity contribution in [2.24, 2.45) is 0 Å². The van der Waals surface area contributed by atoms with E-state index in [1.54, 1.807) is 30.3 Å². The maximum absolute atomic E-state index is 12.4. The first-order chi connectivity index (χ1) is 9.32. The fourth-order valence-corrected chi connectivity index (χ4v) is 5.27. The number of phenolic OH excluding ortho intramolecular Hbond substituents is 1. The molecule has 0 aliphatic heterocycles. The fourth-order valence-electron chi connectivity index (χ4n) is 1.68. The van der Waals surface area contributed by atoms with Gasteiger partial charge < -0.3 is 5.11 Å². The summed E-state index contributed by atoms with van der Waals surface area (Å²) in [6.07, 6.45) is 0. The van der Waals surface area contributed by atoms with Gasteiger partial charge in [-0.1, -0.05) is 18.2 Å². The SMILES string of the molecule is Cc1cc(S(=O)(=O)N(C)Cc2ccccc2O)sc1Br. The molecule has 0 fully saturated rings. The molecule has 1 aromatic carbocycles. The number of para-hydroxylation sites is 1. The van der Waals surface area contributed by atoms with Gasteiger partial charge in [0.1, 0.15) is 9.96 Å². The van der Waals surface area contributed by atoms with Crippen LogP contribution in [0.3, 0.4) is 0 Å². The van der Waals surface area contributed by atoms with E-state index in [0.29, 0.717) is 9.77 Å². The van der Waals surface area contributed by atoms with Gasteiger partial charge in [0.25, 0.3) is 10.0 Å². The van der Waals surface area contributed by atoms with Crippen LogP contribution < -0.4 is 0 Å². The highest BCUT2D eigenvalue weighted by Gasteiger charge is 2.24. The lowest BCUT2D eigenvalue weighted by atomic mass is 10.2. The molecule has 0 amide bonds. The maximum Gasteiger partial charge on any atom is 0.252 e. The largest absolute Gasteiger partial charge is 0.508 e. The molecule has 0 unspecified atom stereocenters. The van der Waals surface area contributed by atoms with E-state index in [1.165, 1.54) is 22.7 Å². The lowest BCUT2D eigenvalue weighted by molar-refractivity contribution is 0.436. The van der Waals surface area contributed by atoms with E-state index in [2.05, 4.69) is 15.9 Å². The van der Waals surface area contributed by atoms with Gasteiger partial charge in [-0.05, 0) is 40.5 Å². The van der Waals surface area contributed by atoms with Gasteiger partial charge in [0.15, 0.2) is 0 Å². The third kappa shape index (κ3) is 3.06. The number of thiophene rings is 1. The fraction of sp³-hybridized carbons (Fsp3) is 0.231. The van der Waals surface area contributed by atoms with Gasteiger partial charge in [0, 0.05) is 19.2 Å². The Morgan fingerprint density at radius 1 is 1.35 bits per heavy atom. The zero-order chi connectivity index (χ0) is 14.9. The number of aromatic hydroxyl groups is 1. The summed E-state index contributed by atoms with van der Waals surface area (Å²) in [4.78, 5) is 0. The molecule has 20 heavy (non-hydrogen) atoms. The van der Waals surface area contributed by atoms with E-state index in [9.17, 15) is 13.5 Å². The van der Waals surface area contributed by atoms with Crippen LogP contribution in [0.1, 0.15) is 11.1 Å². The predicted octanol–water partition coefficient (Wildman–Crippen LogP) is 3.35. The van der Waals surface area contributed by atoms with Crippen LogP contribution in [0, 0.1) is 6.92 Å². The maximum atomic E-state index is 12.4. The molecule has 0 saturated heterocycles. The summed E-state index contributed by atoms with van der Waals surface area (Å²) < 4.78 is 27.2. The highest BCUT2D eigenvalue weighted by molar-refractivity contribution is 9.11. The molecule has 108 valence electrons. The van der Waals surface area contributed by atoms with Gasteiger partial charge in [-0.25, -0.2) is 8.42 Å². The third-order valence-electron chi connectivity index (χ3n) is 2.88. The summed E-state index contributed by atoms with van der Waals surface area (Å²) >= 11 is 4.52. The van der Waals surface area contributed by atoms with E-state index in [-0.39, 0.29) is 12.3 Å². The number of halogens is 1. The van der Waals surface area contributed by atoms with E-state index >= 15 is 0 Å². The van der Waals surface area contributed by atoms with Crippen molar-refractivity contribution < 1.29 is 13.5 Å². The van der Waals surface area contributed by atoms with E-state index in [1.807, 2.05) is 6.92 Å². The van der Waals surface area contributed by atoms with Crippen molar-refractivity contribution >= 4 is 37.3 Å². The lowest BCUT2D eigenvalue weighted by Gasteiger charge is -2.16. The Bertz CT molecular complexity index is 705. The first-order valence-corrected chi connectivity index (χ1v) is 8.86. The van der Waals surface area contributed by atoms with Gasteiger partial charge in [0.05, 0.1) is 3.79 Å². The summed E-state index contributed by atoms with van der Waals surface area (Å²) in [7, 11) is -2.04. The van der Waals surface area contributed by atoms with Crippen molar-refractivity contribution in [2.45, 2.75) is 17.7 Å². The molecule has 2 aromatic rings. The lowest BCUT2D eigenvalue weighted by Crippen LogP contribution is -2.25. The number of hydrogen-bond donors (Lipinski definition) is 1. The standard InChI is InChI=1S/C13H14BrNO3S2/c1-9-7-12(19-13(9)14)20(17,18)15(2)8-10-5-3-4-6-11(10)16/h3-7,16H,8H2,1-2H3. The molecule has 0 radical (unpaired) electrons. The Hall–Kier alpha value is -0.890. The van der Waals surface area contributed by atoms with E-state index in [0.717, 1.165) is 9.35 Å². The summed E-state index contributed by atoms with van der Waals surface area (Å²) in [6.45, 7) is 1.98. The monoisotopic (exact) mass is 375 g/mol. The van der Waals surface area contributed by atoms with Crippen molar-refractivity contribution in [3.63, 3.8) is 0 Å². The molecular weight excluding hydrogens is 362 g/mol. The second kappa shape index (κ2) is 5.85. The Balaban J connectivity index is 2.28. The van der Waals surface area contributed by atoms with Crippen molar-refractivity contribution in [3.05, 3.63) is 45.2 Å². The molecule has 0 bridgehead atoms. The Labute approximate surface area is 130 Å². The molecule has 0 spiro atoms. The van der Waals surface area contributed by atoms with Gasteiger partial charge in [-0.15, -0.1) is 11.3 Å². The number of sulfonamides is 1. The average Bonchev–Trinajstić information content (AvgIpc) is 2.73. The number of rotatable bonds is 4. The summed E-state index contributed by atoms with van der Waals surface area (Å²) in [6, 6.07) is 8.36. The van der Waals surface area contributed by atoms with Crippen LogP contribution in [0.15, 0.2) is 38.3 Å². The van der Waals surface area contributed by atoms with Crippen LogP contribution in [0.25, 0.3) is 0 Å². The van der Waals surface area contributed by atoms with Crippen molar-refractivity contribution in [2.75, 3.05) is 7.05 Å². The first kappa shape index (κ1) is 15.5. The minimum atomic E-state index is -3.54. The van der Waals surface area contributed by atoms with Crippen LogP contribution in [0.2, 0.25) is 0 Å². The zero-order valence-electron chi connectivity index (χ0n) is 11.0. The number of aryl methyl sites for hydroxylation is 1. The van der Waals surface area contributed by atoms with Crippen LogP contribution in [-0.4, -0.2) is 24.9 Å². The molecule has 2 rings (SSSR count).